The molecule has 0 spiro atoms. The Bertz CT molecular complexity index is 292. The van der Waals surface area contributed by atoms with Gasteiger partial charge in [0.15, 0.2) is 0 Å². The van der Waals surface area contributed by atoms with Crippen LogP contribution in [-0.4, -0.2) is 17.9 Å². The van der Waals surface area contributed by atoms with Gasteiger partial charge in [-0.2, -0.15) is 0 Å². The Morgan fingerprint density at radius 3 is 2.54 bits per heavy atom. The van der Waals surface area contributed by atoms with E-state index in [-0.39, 0.29) is 5.41 Å². The topological polar surface area (TPSA) is 24.4 Å². The number of hydrogen-bond donors (Lipinski definition) is 1. The van der Waals surface area contributed by atoms with Crippen LogP contribution in [0.25, 0.3) is 0 Å². The molecule has 2 rings (SSSR count). The number of fused-ring (bicyclic) bond motifs is 1. The summed E-state index contributed by atoms with van der Waals surface area (Å²) < 4.78 is 0. The Labute approximate surface area is 79.4 Å². The first-order valence-electron chi connectivity index (χ1n) is 4.77. The van der Waals surface area contributed by atoms with E-state index in [2.05, 4.69) is 55.4 Å². The first-order valence-corrected chi connectivity index (χ1v) is 4.77. The van der Waals surface area contributed by atoms with E-state index in [9.17, 15) is 0 Å². The molecule has 1 heterocycles. The fourth-order valence-corrected chi connectivity index (χ4v) is 1.61. The van der Waals surface area contributed by atoms with Crippen LogP contribution >= 0.6 is 0 Å². The predicted molar refractivity (Wildman–Crippen MR) is 55.9 cm³/mol. The van der Waals surface area contributed by atoms with E-state index in [0.717, 1.165) is 5.84 Å². The number of amidine groups is 1. The molecule has 70 valence electrons. The lowest BCUT2D eigenvalue weighted by Gasteiger charge is -2.20. The lowest BCUT2D eigenvalue weighted by molar-refractivity contribution is 0.568. The SMILES string of the molecule is CC(C)(C)C1=NC2C=CC=CC2N1. The average Bonchev–Trinajstić information content (AvgIpc) is 2.45. The molecule has 13 heavy (non-hydrogen) atoms. The second-order valence-electron chi connectivity index (χ2n) is 4.66. The van der Waals surface area contributed by atoms with Crippen molar-refractivity contribution in [1.29, 1.82) is 0 Å². The highest BCUT2D eigenvalue weighted by molar-refractivity contribution is 5.89. The van der Waals surface area contributed by atoms with Crippen molar-refractivity contribution >= 4 is 5.84 Å². The van der Waals surface area contributed by atoms with Crippen LogP contribution in [0.1, 0.15) is 20.8 Å². The summed E-state index contributed by atoms with van der Waals surface area (Å²) in [6.07, 6.45) is 8.47. The molecule has 1 aliphatic heterocycles. The van der Waals surface area contributed by atoms with E-state index in [1.165, 1.54) is 0 Å². The van der Waals surface area contributed by atoms with E-state index < -0.39 is 0 Å². The van der Waals surface area contributed by atoms with Gasteiger partial charge in [-0.25, -0.2) is 0 Å². The zero-order chi connectivity index (χ0) is 9.47. The number of allylic oxidation sites excluding steroid dienone is 2. The third kappa shape index (κ3) is 1.53. The maximum atomic E-state index is 4.65. The maximum Gasteiger partial charge on any atom is 0.103 e. The van der Waals surface area contributed by atoms with Gasteiger partial charge in [-0.05, 0) is 0 Å². The van der Waals surface area contributed by atoms with Crippen molar-refractivity contribution in [2.75, 3.05) is 0 Å². The van der Waals surface area contributed by atoms with Crippen LogP contribution in [0.3, 0.4) is 0 Å². The molecule has 2 aliphatic rings. The fraction of sp³-hybridized carbons (Fsp3) is 0.545. The number of nitrogens with one attached hydrogen (secondary N) is 1. The first kappa shape index (κ1) is 8.54. The molecule has 0 aromatic heterocycles. The number of aliphatic imine (C=N–C) groups is 1. The lowest BCUT2D eigenvalue weighted by Crippen LogP contribution is -2.38. The van der Waals surface area contributed by atoms with Gasteiger partial charge >= 0.3 is 0 Å². The minimum absolute atomic E-state index is 0.138. The van der Waals surface area contributed by atoms with Gasteiger partial charge in [-0.1, -0.05) is 45.1 Å². The molecule has 0 fully saturated rings. The summed E-state index contributed by atoms with van der Waals surface area (Å²) >= 11 is 0. The molecule has 2 nitrogen and oxygen atoms in total. The monoisotopic (exact) mass is 176 g/mol. The van der Waals surface area contributed by atoms with Crippen LogP contribution in [0, 0.1) is 5.41 Å². The quantitative estimate of drug-likeness (QED) is 0.599. The van der Waals surface area contributed by atoms with Gasteiger partial charge in [-0.15, -0.1) is 0 Å². The highest BCUT2D eigenvalue weighted by atomic mass is 15.1. The minimum Gasteiger partial charge on any atom is -0.365 e. The number of nitrogens with zero attached hydrogens (tertiary/aromatic N) is 1. The van der Waals surface area contributed by atoms with Gasteiger partial charge in [0.1, 0.15) is 5.84 Å². The number of rotatable bonds is 0. The van der Waals surface area contributed by atoms with Crippen molar-refractivity contribution in [3.63, 3.8) is 0 Å². The molecule has 0 bridgehead atoms. The summed E-state index contributed by atoms with van der Waals surface area (Å²) in [4.78, 5) is 4.65. The third-order valence-corrected chi connectivity index (χ3v) is 2.40. The van der Waals surface area contributed by atoms with E-state index >= 15 is 0 Å². The third-order valence-electron chi connectivity index (χ3n) is 2.40. The summed E-state index contributed by atoms with van der Waals surface area (Å²) in [6.45, 7) is 6.55. The average molecular weight is 176 g/mol. The molecule has 2 heteroatoms. The Balaban J connectivity index is 2.20. The van der Waals surface area contributed by atoms with Gasteiger partial charge < -0.3 is 5.32 Å². The highest BCUT2D eigenvalue weighted by Gasteiger charge is 2.31. The van der Waals surface area contributed by atoms with E-state index in [1.54, 1.807) is 0 Å². The maximum absolute atomic E-state index is 4.65. The summed E-state index contributed by atoms with van der Waals surface area (Å²) in [5.74, 6) is 1.12. The largest absolute Gasteiger partial charge is 0.365 e. The lowest BCUT2D eigenvalue weighted by atomic mass is 9.95. The van der Waals surface area contributed by atoms with Gasteiger partial charge in [0, 0.05) is 5.41 Å². The fourth-order valence-electron chi connectivity index (χ4n) is 1.61. The van der Waals surface area contributed by atoms with Crippen molar-refractivity contribution in [3.8, 4) is 0 Å². The van der Waals surface area contributed by atoms with Crippen LogP contribution in [0.15, 0.2) is 29.3 Å². The summed E-state index contributed by atoms with van der Waals surface area (Å²) in [5, 5.41) is 3.44. The van der Waals surface area contributed by atoms with Crippen LogP contribution in [0.5, 0.6) is 0 Å². The molecule has 0 saturated heterocycles. The zero-order valence-corrected chi connectivity index (χ0v) is 8.41. The predicted octanol–water partition coefficient (Wildman–Crippen LogP) is 1.90. The molecule has 0 amide bonds. The first-order chi connectivity index (χ1) is 6.07. The van der Waals surface area contributed by atoms with Crippen molar-refractivity contribution < 1.29 is 0 Å². The second-order valence-corrected chi connectivity index (χ2v) is 4.66. The molecule has 2 unspecified atom stereocenters. The van der Waals surface area contributed by atoms with Gasteiger partial charge in [0.05, 0.1) is 12.1 Å². The van der Waals surface area contributed by atoms with Crippen LogP contribution in [-0.2, 0) is 0 Å². The van der Waals surface area contributed by atoms with Crippen LogP contribution in [0.4, 0.5) is 0 Å². The molecular weight excluding hydrogens is 160 g/mol. The smallest absolute Gasteiger partial charge is 0.103 e. The molecule has 0 radical (unpaired) electrons. The Morgan fingerprint density at radius 2 is 1.92 bits per heavy atom. The zero-order valence-electron chi connectivity index (χ0n) is 8.41. The van der Waals surface area contributed by atoms with E-state index in [0.29, 0.717) is 12.1 Å². The molecule has 2 atom stereocenters. The van der Waals surface area contributed by atoms with Gasteiger partial charge in [-0.3, -0.25) is 4.99 Å². The number of hydrogen-bond acceptors (Lipinski definition) is 2. The molecule has 0 aromatic carbocycles. The molecule has 0 aromatic rings. The Morgan fingerprint density at radius 1 is 1.23 bits per heavy atom. The standard InChI is InChI=1S/C11H16N2/c1-11(2,3)10-12-8-6-4-5-7-9(8)13-10/h4-9H,1-3H3,(H,12,13). The summed E-state index contributed by atoms with van der Waals surface area (Å²) in [7, 11) is 0. The Kier molecular flexibility index (Phi) is 1.79. The minimum atomic E-state index is 0.138. The summed E-state index contributed by atoms with van der Waals surface area (Å²) in [5.41, 5.74) is 0.138. The van der Waals surface area contributed by atoms with Gasteiger partial charge in [0.2, 0.25) is 0 Å². The normalized spacial score (nSPS) is 31.2. The van der Waals surface area contributed by atoms with E-state index in [1.807, 2.05) is 0 Å². The second kappa shape index (κ2) is 2.72. The molecular formula is C11H16N2. The molecule has 1 N–H and O–H groups in total. The highest BCUT2D eigenvalue weighted by Crippen LogP contribution is 2.23. The van der Waals surface area contributed by atoms with Crippen molar-refractivity contribution in [3.05, 3.63) is 24.3 Å². The van der Waals surface area contributed by atoms with Crippen molar-refractivity contribution in [1.82, 2.24) is 5.32 Å². The summed E-state index contributed by atoms with van der Waals surface area (Å²) in [6, 6.07) is 0.707. The molecule has 1 aliphatic carbocycles. The van der Waals surface area contributed by atoms with Gasteiger partial charge in [0.25, 0.3) is 0 Å². The van der Waals surface area contributed by atoms with Crippen molar-refractivity contribution in [2.45, 2.75) is 32.9 Å². The van der Waals surface area contributed by atoms with Crippen LogP contribution in [0.2, 0.25) is 0 Å². The Hall–Kier alpha value is -1.05. The molecule has 0 saturated carbocycles. The van der Waals surface area contributed by atoms with Crippen LogP contribution < -0.4 is 5.32 Å². The van der Waals surface area contributed by atoms with Crippen molar-refractivity contribution in [2.24, 2.45) is 10.4 Å². The van der Waals surface area contributed by atoms with E-state index in [4.69, 9.17) is 0 Å².